The summed E-state index contributed by atoms with van der Waals surface area (Å²) in [5, 5.41) is 12.1. The third kappa shape index (κ3) is 14.3. The van der Waals surface area contributed by atoms with Crippen molar-refractivity contribution in [1.29, 1.82) is 0 Å². The van der Waals surface area contributed by atoms with Gasteiger partial charge in [0.1, 0.15) is 11.3 Å². The molecule has 1 aliphatic rings. The van der Waals surface area contributed by atoms with Gasteiger partial charge in [-0.3, -0.25) is 14.9 Å². The van der Waals surface area contributed by atoms with Gasteiger partial charge >= 0.3 is 0 Å². The van der Waals surface area contributed by atoms with Crippen LogP contribution in [0.15, 0.2) is 107 Å². The Morgan fingerprint density at radius 1 is 0.766 bits per heavy atom. The largest absolute Gasteiger partial charge is 0.494 e. The number of hydrogen-bond acceptors (Lipinski definition) is 11. The molecule has 1 aliphatic heterocycles. The van der Waals surface area contributed by atoms with Crippen LogP contribution in [0.2, 0.25) is 0 Å². The van der Waals surface area contributed by atoms with Gasteiger partial charge in [-0.1, -0.05) is 79.6 Å². The SMILES string of the molecule is CCSC(SCC)[C@@H]1CCCN1C(=O)c1cc(OCCCCN(CCN(CCCCOCc2ccccc2)S(=O)(=O)c2ccc(C)cc2)S(=O)(=O)c2ccc(C)cc2)ccc1[N+](=O)[O-]. The molecule has 0 spiro atoms. The van der Waals surface area contributed by atoms with E-state index in [0.29, 0.717) is 51.2 Å². The average molecular weight is 955 g/mol. The number of likely N-dealkylation sites (tertiary alicyclic amines) is 1. The maximum absolute atomic E-state index is 14.2. The van der Waals surface area contributed by atoms with Gasteiger partial charge in [0.05, 0.1) is 38.6 Å². The van der Waals surface area contributed by atoms with Crippen molar-refractivity contribution in [2.75, 3.05) is 57.4 Å². The van der Waals surface area contributed by atoms with Crippen molar-refractivity contribution >= 4 is 55.2 Å². The summed E-state index contributed by atoms with van der Waals surface area (Å²) in [7, 11) is -8.02. The van der Waals surface area contributed by atoms with Crippen molar-refractivity contribution in [3.63, 3.8) is 0 Å². The van der Waals surface area contributed by atoms with E-state index in [9.17, 15) is 31.7 Å². The zero-order valence-electron chi connectivity index (χ0n) is 37.3. The second-order valence-corrected chi connectivity index (χ2v) is 22.7. The molecule has 0 aromatic heterocycles. The van der Waals surface area contributed by atoms with Crippen LogP contribution in [0.4, 0.5) is 5.69 Å². The van der Waals surface area contributed by atoms with E-state index in [4.69, 9.17) is 9.47 Å². The number of nitro groups is 1. The highest BCUT2D eigenvalue weighted by molar-refractivity contribution is 8.17. The first-order valence-electron chi connectivity index (χ1n) is 22.0. The number of aryl methyl sites for hydroxylation is 2. The summed E-state index contributed by atoms with van der Waals surface area (Å²) >= 11 is 3.58. The molecule has 0 radical (unpaired) electrons. The third-order valence-electron chi connectivity index (χ3n) is 11.0. The van der Waals surface area contributed by atoms with E-state index in [1.54, 1.807) is 77.0 Å². The Labute approximate surface area is 388 Å². The van der Waals surface area contributed by atoms with Gasteiger partial charge in [0.2, 0.25) is 20.0 Å². The lowest BCUT2D eigenvalue weighted by molar-refractivity contribution is -0.385. The number of sulfonamides is 2. The lowest BCUT2D eigenvalue weighted by atomic mass is 10.1. The molecule has 1 fully saturated rings. The maximum Gasteiger partial charge on any atom is 0.282 e. The van der Waals surface area contributed by atoms with Gasteiger partial charge in [0.25, 0.3) is 11.6 Å². The van der Waals surface area contributed by atoms with Crippen molar-refractivity contribution in [2.24, 2.45) is 0 Å². The number of thioether (sulfide) groups is 2. The number of ether oxygens (including phenoxy) is 2. The van der Waals surface area contributed by atoms with E-state index in [1.165, 1.54) is 26.8 Å². The van der Waals surface area contributed by atoms with Crippen molar-refractivity contribution in [3.05, 3.63) is 129 Å². The normalized spacial score (nSPS) is 14.5. The molecule has 0 saturated carbocycles. The van der Waals surface area contributed by atoms with E-state index in [1.807, 2.05) is 44.2 Å². The number of nitro benzene ring substituents is 1. The Morgan fingerprint density at radius 3 is 1.84 bits per heavy atom. The van der Waals surface area contributed by atoms with Crippen LogP contribution < -0.4 is 4.74 Å². The first kappa shape index (κ1) is 51.0. The molecule has 1 atom stereocenters. The van der Waals surface area contributed by atoms with Crippen LogP contribution in [0.25, 0.3) is 0 Å². The van der Waals surface area contributed by atoms with E-state index in [0.717, 1.165) is 41.0 Å². The summed E-state index contributed by atoms with van der Waals surface area (Å²) < 4.78 is 71.3. The number of carbonyl (C=O) groups is 1. The number of nitrogens with zero attached hydrogens (tertiary/aromatic N) is 4. The van der Waals surface area contributed by atoms with Gasteiger partial charge in [-0.2, -0.15) is 8.61 Å². The van der Waals surface area contributed by atoms with E-state index < -0.39 is 25.0 Å². The minimum absolute atomic E-state index is 0.0173. The zero-order chi connectivity index (χ0) is 46.1. The molecule has 17 heteroatoms. The topological polar surface area (TPSA) is 157 Å². The van der Waals surface area contributed by atoms with Crippen LogP contribution in [-0.4, -0.2) is 109 Å². The first-order chi connectivity index (χ1) is 30.8. The van der Waals surface area contributed by atoms with E-state index in [-0.39, 0.29) is 70.4 Å². The van der Waals surface area contributed by atoms with Crippen LogP contribution >= 0.6 is 23.5 Å². The van der Waals surface area contributed by atoms with Gasteiger partial charge < -0.3 is 14.4 Å². The van der Waals surface area contributed by atoms with Gasteiger partial charge in [-0.25, -0.2) is 16.8 Å². The standard InChI is InChI=1S/C47H62N4O9S4/c1-5-61-47(62-6-2)45-17-14-30-50(45)46(52)43-35-40(22-27-44(43)51(53)54)60-34-13-11-29-49(64(57,58)42-25-20-38(4)21-26-42)32-31-48(63(55,56)41-23-18-37(3)19-24-41)28-10-12-33-59-36-39-15-8-7-9-16-39/h7-9,15-16,18-27,35,45,47H,5-6,10-14,17,28-34,36H2,1-4H3/t45-/m0/s1. The van der Waals surface area contributed by atoms with Gasteiger partial charge in [0.15, 0.2) is 0 Å². The molecule has 5 rings (SSSR count). The van der Waals surface area contributed by atoms with E-state index in [2.05, 4.69) is 13.8 Å². The molecule has 348 valence electrons. The average Bonchev–Trinajstić information content (AvgIpc) is 3.78. The lowest BCUT2D eigenvalue weighted by Gasteiger charge is -2.31. The van der Waals surface area contributed by atoms with Crippen LogP contribution in [-0.2, 0) is 31.4 Å². The highest BCUT2D eigenvalue weighted by Gasteiger charge is 2.38. The highest BCUT2D eigenvalue weighted by Crippen LogP contribution is 2.37. The summed E-state index contributed by atoms with van der Waals surface area (Å²) in [5.41, 5.74) is 2.57. The Morgan fingerprint density at radius 2 is 1.31 bits per heavy atom. The van der Waals surface area contributed by atoms with Crippen molar-refractivity contribution in [1.82, 2.24) is 13.5 Å². The predicted molar refractivity (Wildman–Crippen MR) is 257 cm³/mol. The Balaban J connectivity index is 1.27. The van der Waals surface area contributed by atoms with Gasteiger partial charge in [-0.05, 0) is 106 Å². The summed E-state index contributed by atoms with van der Waals surface area (Å²) in [6.07, 6.45) is 3.56. The van der Waals surface area contributed by atoms with Crippen LogP contribution in [0.1, 0.15) is 79.4 Å². The van der Waals surface area contributed by atoms with Crippen LogP contribution in [0.3, 0.4) is 0 Å². The molecule has 0 bridgehead atoms. The number of unbranched alkanes of at least 4 members (excludes halogenated alkanes) is 2. The second kappa shape index (κ2) is 25.1. The first-order valence-corrected chi connectivity index (χ1v) is 26.9. The zero-order valence-corrected chi connectivity index (χ0v) is 40.6. The summed E-state index contributed by atoms with van der Waals surface area (Å²) in [5.74, 6) is 1.72. The molecule has 64 heavy (non-hydrogen) atoms. The fourth-order valence-corrected chi connectivity index (χ4v) is 13.3. The fraction of sp³-hybridized carbons (Fsp3) is 0.468. The molecule has 0 N–H and O–H groups in total. The van der Waals surface area contributed by atoms with Crippen LogP contribution in [0.5, 0.6) is 5.75 Å². The molecule has 0 aliphatic carbocycles. The van der Waals surface area contributed by atoms with Crippen molar-refractivity contribution in [3.8, 4) is 5.75 Å². The van der Waals surface area contributed by atoms with Crippen LogP contribution in [0, 0.1) is 24.0 Å². The van der Waals surface area contributed by atoms with Crippen molar-refractivity contribution < 1.29 is 36.0 Å². The van der Waals surface area contributed by atoms with E-state index >= 15 is 0 Å². The number of rotatable bonds is 27. The Hall–Kier alpha value is -3.97. The number of hydrogen-bond donors (Lipinski definition) is 0. The molecular formula is C47H62N4O9S4. The van der Waals surface area contributed by atoms with Crippen molar-refractivity contribution in [2.45, 2.75) is 93.2 Å². The summed E-state index contributed by atoms with van der Waals surface area (Å²) in [6.45, 7) is 9.59. The quantitative estimate of drug-likeness (QED) is 0.0243. The van der Waals surface area contributed by atoms with Gasteiger partial charge in [-0.15, -0.1) is 23.5 Å². The lowest BCUT2D eigenvalue weighted by Crippen LogP contribution is -2.42. The molecule has 13 nitrogen and oxygen atoms in total. The number of carbonyl (C=O) groups excluding carboxylic acids is 1. The molecule has 1 amide bonds. The van der Waals surface area contributed by atoms with Gasteiger partial charge in [0, 0.05) is 45.4 Å². The minimum Gasteiger partial charge on any atom is -0.494 e. The molecular weight excluding hydrogens is 893 g/mol. The predicted octanol–water partition coefficient (Wildman–Crippen LogP) is 9.19. The smallest absolute Gasteiger partial charge is 0.282 e. The third-order valence-corrected chi connectivity index (χ3v) is 17.6. The minimum atomic E-state index is -4.04. The molecule has 0 unspecified atom stereocenters. The monoisotopic (exact) mass is 954 g/mol. The maximum atomic E-state index is 14.2. The molecule has 4 aromatic rings. The molecule has 4 aromatic carbocycles. The summed E-state index contributed by atoms with van der Waals surface area (Å²) in [6, 6.07) is 27.2. The second-order valence-electron chi connectivity index (χ2n) is 15.7. The fourth-order valence-electron chi connectivity index (χ4n) is 7.50. The number of amides is 1. The Kier molecular flexibility index (Phi) is 20.0. The highest BCUT2D eigenvalue weighted by atomic mass is 32.2. The summed E-state index contributed by atoms with van der Waals surface area (Å²) in [4.78, 5) is 27.6. The number of benzene rings is 4. The molecule has 1 heterocycles. The Bertz CT molecular complexity index is 2310. The molecule has 1 saturated heterocycles.